The summed E-state index contributed by atoms with van der Waals surface area (Å²) in [5, 5.41) is 17.0. The number of hydrogen-bond acceptors (Lipinski definition) is 3. The Balaban J connectivity index is 0.000000696. The number of benzene rings is 1. The van der Waals surface area contributed by atoms with Gasteiger partial charge in [-0.1, -0.05) is 82.6 Å². The van der Waals surface area contributed by atoms with E-state index in [1.807, 2.05) is 0 Å². The lowest BCUT2D eigenvalue weighted by Gasteiger charge is -1.99. The fraction of sp³-hybridized carbons (Fsp3) is 0.600. The van der Waals surface area contributed by atoms with E-state index in [1.54, 1.807) is 18.2 Å². The number of anilines is 1. The number of nitrogen functional groups attached to an aromatic ring is 1. The third-order valence-corrected chi connectivity index (χ3v) is 4.84. The molecule has 1 rings (SSSR count). The van der Waals surface area contributed by atoms with Gasteiger partial charge in [0.25, 0.3) is 0 Å². The summed E-state index contributed by atoms with van der Waals surface area (Å²) in [4.78, 5) is 20.7. The van der Waals surface area contributed by atoms with Crippen LogP contribution in [0, 0.1) is 0 Å². The molecule has 0 unspecified atom stereocenters. The standard InChI is InChI=1S/C18H34O2.C7H7NO2/c1-2-3-4-5-6-7-8-9-10-11-12-13-14-15-16-17-18(19)20;8-6-4-2-1-3-5(6)7(9)10/h9-10H,2-8,11-17H2,1H3,(H,19,20);1-4H,8H2,(H,9,10)/b10-9-;. The van der Waals surface area contributed by atoms with Crippen molar-refractivity contribution >= 4 is 17.6 Å². The minimum absolute atomic E-state index is 0.155. The Hall–Kier alpha value is -2.30. The van der Waals surface area contributed by atoms with Crippen LogP contribution >= 0.6 is 0 Å². The molecule has 5 nitrogen and oxygen atoms in total. The summed E-state index contributed by atoms with van der Waals surface area (Å²) in [6, 6.07) is 6.36. The first-order valence-electron chi connectivity index (χ1n) is 11.4. The summed E-state index contributed by atoms with van der Waals surface area (Å²) in [6.45, 7) is 2.26. The molecule has 30 heavy (non-hydrogen) atoms. The normalized spacial score (nSPS) is 10.6. The maximum absolute atomic E-state index is 10.3. The molecule has 1 aromatic rings. The first-order chi connectivity index (χ1) is 14.5. The monoisotopic (exact) mass is 419 g/mol. The molecule has 0 saturated carbocycles. The van der Waals surface area contributed by atoms with Gasteiger partial charge in [0.1, 0.15) is 0 Å². The van der Waals surface area contributed by atoms with Crippen LogP contribution in [0.3, 0.4) is 0 Å². The molecule has 0 spiro atoms. The molecule has 0 bridgehead atoms. The SMILES string of the molecule is CCCCCCCC/C=C\CCCCCCCC(=O)O.Nc1ccccc1C(=O)O. The minimum atomic E-state index is -0.988. The van der Waals surface area contributed by atoms with E-state index in [9.17, 15) is 9.59 Å². The molecule has 0 radical (unpaired) electrons. The molecule has 0 amide bonds. The second-order valence-corrected chi connectivity index (χ2v) is 7.62. The van der Waals surface area contributed by atoms with Gasteiger partial charge in [-0.3, -0.25) is 4.79 Å². The minimum Gasteiger partial charge on any atom is -0.481 e. The Labute approximate surface area is 182 Å². The smallest absolute Gasteiger partial charge is 0.337 e. The highest BCUT2D eigenvalue weighted by atomic mass is 16.4. The summed E-state index contributed by atoms with van der Waals surface area (Å²) in [6.07, 6.45) is 21.2. The van der Waals surface area contributed by atoms with Crippen LogP contribution in [0.4, 0.5) is 5.69 Å². The van der Waals surface area contributed by atoms with E-state index < -0.39 is 11.9 Å². The number of hydrogen-bond donors (Lipinski definition) is 3. The molecular formula is C25H41NO4. The molecule has 0 aromatic heterocycles. The summed E-state index contributed by atoms with van der Waals surface area (Å²) in [7, 11) is 0. The predicted molar refractivity (Wildman–Crippen MR) is 125 cm³/mol. The predicted octanol–water partition coefficient (Wildman–Crippen LogP) is 7.08. The molecular weight excluding hydrogens is 378 g/mol. The zero-order valence-corrected chi connectivity index (χ0v) is 18.7. The molecule has 0 saturated heterocycles. The van der Waals surface area contributed by atoms with E-state index in [2.05, 4.69) is 19.1 Å². The van der Waals surface area contributed by atoms with E-state index in [1.165, 1.54) is 76.7 Å². The van der Waals surface area contributed by atoms with Crippen LogP contribution in [0.2, 0.25) is 0 Å². The average Bonchev–Trinajstić information content (AvgIpc) is 2.71. The number of allylic oxidation sites excluding steroid dienone is 2. The second-order valence-electron chi connectivity index (χ2n) is 7.62. The quantitative estimate of drug-likeness (QED) is 0.151. The number of nitrogens with two attached hydrogens (primary N) is 1. The lowest BCUT2D eigenvalue weighted by atomic mass is 10.1. The average molecular weight is 420 g/mol. The lowest BCUT2D eigenvalue weighted by Crippen LogP contribution is -2.00. The highest BCUT2D eigenvalue weighted by molar-refractivity contribution is 5.93. The van der Waals surface area contributed by atoms with Crippen LogP contribution < -0.4 is 5.73 Å². The molecule has 1 aromatic carbocycles. The van der Waals surface area contributed by atoms with E-state index in [0.29, 0.717) is 12.1 Å². The third kappa shape index (κ3) is 17.8. The van der Waals surface area contributed by atoms with Crippen LogP contribution in [0.1, 0.15) is 107 Å². The van der Waals surface area contributed by atoms with Crippen molar-refractivity contribution in [3.63, 3.8) is 0 Å². The van der Waals surface area contributed by atoms with E-state index >= 15 is 0 Å². The van der Waals surface area contributed by atoms with Gasteiger partial charge < -0.3 is 15.9 Å². The Morgan fingerprint density at radius 2 is 1.30 bits per heavy atom. The third-order valence-electron chi connectivity index (χ3n) is 4.84. The maximum atomic E-state index is 10.3. The van der Waals surface area contributed by atoms with Crippen LogP contribution in [-0.4, -0.2) is 22.2 Å². The van der Waals surface area contributed by atoms with Gasteiger partial charge in [0.05, 0.1) is 5.56 Å². The van der Waals surface area contributed by atoms with Crippen molar-refractivity contribution in [2.75, 3.05) is 5.73 Å². The fourth-order valence-electron chi connectivity index (χ4n) is 3.04. The molecule has 0 aliphatic heterocycles. The molecule has 0 fully saturated rings. The summed E-state index contributed by atoms with van der Waals surface area (Å²) >= 11 is 0. The number of aromatic carboxylic acids is 1. The first-order valence-corrected chi connectivity index (χ1v) is 11.4. The highest BCUT2D eigenvalue weighted by Gasteiger charge is 2.03. The van der Waals surface area contributed by atoms with Crippen LogP contribution in [0.15, 0.2) is 36.4 Å². The number of para-hydroxylation sites is 1. The molecule has 0 aliphatic rings. The topological polar surface area (TPSA) is 101 Å². The molecule has 5 heteroatoms. The molecule has 0 aliphatic carbocycles. The van der Waals surface area contributed by atoms with Crippen molar-refractivity contribution in [3.05, 3.63) is 42.0 Å². The van der Waals surface area contributed by atoms with Gasteiger partial charge >= 0.3 is 11.9 Å². The van der Waals surface area contributed by atoms with E-state index in [0.717, 1.165) is 12.8 Å². The van der Waals surface area contributed by atoms with E-state index in [4.69, 9.17) is 15.9 Å². The zero-order valence-electron chi connectivity index (χ0n) is 18.7. The van der Waals surface area contributed by atoms with Gasteiger partial charge in [0, 0.05) is 12.1 Å². The molecule has 0 atom stereocenters. The van der Waals surface area contributed by atoms with Gasteiger partial charge in [-0.2, -0.15) is 0 Å². The first kappa shape index (κ1) is 27.7. The van der Waals surface area contributed by atoms with Gasteiger partial charge in [0.2, 0.25) is 0 Å². The number of carboxylic acids is 2. The Bertz CT molecular complexity index is 599. The van der Waals surface area contributed by atoms with Crippen molar-refractivity contribution in [1.29, 1.82) is 0 Å². The van der Waals surface area contributed by atoms with Crippen LogP contribution in [-0.2, 0) is 4.79 Å². The van der Waals surface area contributed by atoms with Gasteiger partial charge in [-0.15, -0.1) is 0 Å². The van der Waals surface area contributed by atoms with Crippen LogP contribution in [0.25, 0.3) is 0 Å². The van der Waals surface area contributed by atoms with Crippen molar-refractivity contribution in [1.82, 2.24) is 0 Å². The Kier molecular flexibility index (Phi) is 18.5. The molecule has 0 heterocycles. The number of rotatable bonds is 16. The molecule has 4 N–H and O–H groups in total. The maximum Gasteiger partial charge on any atom is 0.337 e. The van der Waals surface area contributed by atoms with Crippen LogP contribution in [0.5, 0.6) is 0 Å². The Morgan fingerprint density at radius 1 is 0.800 bits per heavy atom. The number of unbranched alkanes of at least 4 members (excludes halogenated alkanes) is 11. The molecule has 170 valence electrons. The van der Waals surface area contributed by atoms with Crippen molar-refractivity contribution in [2.24, 2.45) is 0 Å². The van der Waals surface area contributed by atoms with Gasteiger partial charge in [-0.05, 0) is 44.2 Å². The summed E-state index contributed by atoms with van der Waals surface area (Å²) in [5.74, 6) is -1.65. The van der Waals surface area contributed by atoms with E-state index in [-0.39, 0.29) is 5.56 Å². The fourth-order valence-corrected chi connectivity index (χ4v) is 3.04. The number of carboxylic acid groups (broad SMARTS) is 2. The Morgan fingerprint density at radius 3 is 1.77 bits per heavy atom. The summed E-state index contributed by atoms with van der Waals surface area (Å²) in [5.41, 5.74) is 5.80. The number of aliphatic carboxylic acids is 1. The second kappa shape index (κ2) is 20.0. The van der Waals surface area contributed by atoms with Crippen molar-refractivity contribution < 1.29 is 19.8 Å². The highest BCUT2D eigenvalue weighted by Crippen LogP contribution is 2.10. The van der Waals surface area contributed by atoms with Gasteiger partial charge in [-0.25, -0.2) is 4.79 Å². The summed E-state index contributed by atoms with van der Waals surface area (Å²) < 4.78 is 0. The van der Waals surface area contributed by atoms with Gasteiger partial charge in [0.15, 0.2) is 0 Å². The number of carbonyl (C=O) groups is 2. The lowest BCUT2D eigenvalue weighted by molar-refractivity contribution is -0.137. The largest absolute Gasteiger partial charge is 0.481 e. The zero-order chi connectivity index (χ0) is 22.5. The van der Waals surface area contributed by atoms with Crippen molar-refractivity contribution in [3.8, 4) is 0 Å². The van der Waals surface area contributed by atoms with Crippen molar-refractivity contribution in [2.45, 2.75) is 96.8 Å².